The lowest BCUT2D eigenvalue weighted by Crippen LogP contribution is -2.36. The van der Waals surface area contributed by atoms with Crippen LogP contribution in [-0.2, 0) is 6.42 Å². The number of aliphatic hydroxyl groups excluding tert-OH is 2. The first-order chi connectivity index (χ1) is 12.0. The van der Waals surface area contributed by atoms with Crippen LogP contribution in [-0.4, -0.2) is 41.2 Å². The van der Waals surface area contributed by atoms with E-state index < -0.39 is 18.3 Å². The molecule has 2 aromatic rings. The quantitative estimate of drug-likeness (QED) is 0.769. The molecule has 134 valence electrons. The minimum atomic E-state index is -0.579. The highest BCUT2D eigenvalue weighted by atomic mass is 16.6. The number of hydrogen-bond donors (Lipinski definition) is 3. The van der Waals surface area contributed by atoms with Gasteiger partial charge in [0.15, 0.2) is 35.2 Å². The molecule has 1 aliphatic rings. The molecule has 0 saturated carbocycles. The smallest absolute Gasteiger partial charge is 0.163 e. The van der Waals surface area contributed by atoms with Gasteiger partial charge in [0.1, 0.15) is 0 Å². The first kappa shape index (κ1) is 17.4. The molecule has 0 aliphatic carbocycles. The van der Waals surface area contributed by atoms with Gasteiger partial charge in [-0.2, -0.15) is 0 Å². The molecule has 1 aliphatic heterocycles. The number of aromatic hydroxyl groups is 1. The number of phenolic OH excluding ortho intramolecular Hbond substituents is 1. The first-order valence-electron chi connectivity index (χ1n) is 8.14. The van der Waals surface area contributed by atoms with Crippen molar-refractivity contribution < 1.29 is 29.5 Å². The van der Waals surface area contributed by atoms with Crippen molar-refractivity contribution in [2.75, 3.05) is 13.7 Å². The first-order valence-corrected chi connectivity index (χ1v) is 8.14. The molecule has 3 rings (SSSR count). The molecule has 3 atom stereocenters. The van der Waals surface area contributed by atoms with Gasteiger partial charge in [-0.25, -0.2) is 0 Å². The van der Waals surface area contributed by atoms with Crippen molar-refractivity contribution >= 4 is 0 Å². The van der Waals surface area contributed by atoms with Gasteiger partial charge in [0.2, 0.25) is 0 Å². The molecule has 0 saturated heterocycles. The van der Waals surface area contributed by atoms with Crippen molar-refractivity contribution in [3.63, 3.8) is 0 Å². The van der Waals surface area contributed by atoms with Crippen LogP contribution in [0.1, 0.15) is 24.2 Å². The van der Waals surface area contributed by atoms with Gasteiger partial charge >= 0.3 is 0 Å². The Morgan fingerprint density at radius 2 is 1.92 bits per heavy atom. The number of fused-ring (bicyclic) bond motifs is 1. The van der Waals surface area contributed by atoms with Crippen LogP contribution in [0.5, 0.6) is 23.0 Å². The van der Waals surface area contributed by atoms with Crippen LogP contribution in [0.4, 0.5) is 0 Å². The van der Waals surface area contributed by atoms with Crippen molar-refractivity contribution in [3.8, 4) is 23.0 Å². The molecule has 0 spiro atoms. The largest absolute Gasteiger partial charge is 0.504 e. The Hall–Kier alpha value is -2.44. The summed E-state index contributed by atoms with van der Waals surface area (Å²) in [7, 11) is 1.47. The monoisotopic (exact) mass is 346 g/mol. The van der Waals surface area contributed by atoms with Crippen LogP contribution in [0, 0.1) is 0 Å². The van der Waals surface area contributed by atoms with E-state index in [1.807, 2.05) is 12.1 Å². The fraction of sp³-hybridized carbons (Fsp3) is 0.368. The third-order valence-corrected chi connectivity index (χ3v) is 4.12. The number of rotatable bonds is 5. The Morgan fingerprint density at radius 1 is 1.12 bits per heavy atom. The van der Waals surface area contributed by atoms with Gasteiger partial charge in [0, 0.05) is 5.56 Å². The third kappa shape index (κ3) is 3.65. The predicted octanol–water partition coefficient (Wildman–Crippen LogP) is 2.20. The van der Waals surface area contributed by atoms with Crippen LogP contribution in [0.2, 0.25) is 0 Å². The zero-order valence-electron chi connectivity index (χ0n) is 14.2. The van der Waals surface area contributed by atoms with Crippen molar-refractivity contribution in [1.82, 2.24) is 0 Å². The molecule has 3 N–H and O–H groups in total. The number of methoxy groups -OCH3 is 1. The highest BCUT2D eigenvalue weighted by Gasteiger charge is 2.33. The standard InChI is InChI=1S/C19H22O6/c1-11(21)7-12-3-6-15-17(8-12)25-19(18(10-20)24-15)13-4-5-14(22)16(9-13)23-2/h3-6,8-9,11,18-22H,7,10H2,1-2H3/t11?,18-,19-/m0/s1. The fourth-order valence-electron chi connectivity index (χ4n) is 2.93. The van der Waals surface area contributed by atoms with E-state index in [2.05, 4.69) is 0 Å². The minimum absolute atomic E-state index is 0.0307. The van der Waals surface area contributed by atoms with Crippen molar-refractivity contribution in [2.45, 2.75) is 31.7 Å². The molecule has 0 aromatic heterocycles. The minimum Gasteiger partial charge on any atom is -0.504 e. The van der Waals surface area contributed by atoms with Gasteiger partial charge in [-0.1, -0.05) is 12.1 Å². The van der Waals surface area contributed by atoms with Gasteiger partial charge in [-0.05, 0) is 43.2 Å². The predicted molar refractivity (Wildman–Crippen MR) is 91.4 cm³/mol. The number of phenols is 1. The zero-order valence-corrected chi connectivity index (χ0v) is 14.2. The highest BCUT2D eigenvalue weighted by Crippen LogP contribution is 2.41. The van der Waals surface area contributed by atoms with Gasteiger partial charge in [0.25, 0.3) is 0 Å². The third-order valence-electron chi connectivity index (χ3n) is 4.12. The van der Waals surface area contributed by atoms with Crippen molar-refractivity contribution in [2.24, 2.45) is 0 Å². The molecule has 1 unspecified atom stereocenters. The van der Waals surface area contributed by atoms with E-state index in [4.69, 9.17) is 14.2 Å². The normalized spacial score (nSPS) is 20.2. The van der Waals surface area contributed by atoms with Crippen LogP contribution in [0.15, 0.2) is 36.4 Å². The summed E-state index contributed by atoms with van der Waals surface area (Å²) in [5.41, 5.74) is 1.65. The Kier molecular flexibility index (Phi) is 5.01. The van der Waals surface area contributed by atoms with E-state index in [9.17, 15) is 15.3 Å². The summed E-state index contributed by atoms with van der Waals surface area (Å²) in [6.07, 6.45) is -1.07. The molecule has 0 radical (unpaired) electrons. The van der Waals surface area contributed by atoms with Crippen LogP contribution >= 0.6 is 0 Å². The lowest BCUT2D eigenvalue weighted by molar-refractivity contribution is -0.0124. The number of ether oxygens (including phenoxy) is 3. The average molecular weight is 346 g/mol. The van der Waals surface area contributed by atoms with E-state index >= 15 is 0 Å². The van der Waals surface area contributed by atoms with Gasteiger partial charge in [-0.3, -0.25) is 0 Å². The Morgan fingerprint density at radius 3 is 2.60 bits per heavy atom. The molecule has 0 bridgehead atoms. The Balaban J connectivity index is 1.93. The Bertz CT molecular complexity index is 743. The molecule has 6 heteroatoms. The second-order valence-electron chi connectivity index (χ2n) is 6.14. The van der Waals surface area contributed by atoms with E-state index in [1.165, 1.54) is 13.2 Å². The van der Waals surface area contributed by atoms with Gasteiger partial charge < -0.3 is 29.5 Å². The summed E-state index contributed by atoms with van der Waals surface area (Å²) in [5.74, 6) is 1.46. The summed E-state index contributed by atoms with van der Waals surface area (Å²) in [6, 6.07) is 10.4. The van der Waals surface area contributed by atoms with E-state index in [-0.39, 0.29) is 12.4 Å². The maximum atomic E-state index is 9.76. The van der Waals surface area contributed by atoms with Crippen molar-refractivity contribution in [3.05, 3.63) is 47.5 Å². The summed E-state index contributed by atoms with van der Waals surface area (Å²) in [6.45, 7) is 1.51. The summed E-state index contributed by atoms with van der Waals surface area (Å²) in [4.78, 5) is 0. The lowest BCUT2D eigenvalue weighted by Gasteiger charge is -2.33. The summed E-state index contributed by atoms with van der Waals surface area (Å²) < 4.78 is 17.1. The zero-order chi connectivity index (χ0) is 18.0. The average Bonchev–Trinajstić information content (AvgIpc) is 2.60. The molecule has 6 nitrogen and oxygen atoms in total. The highest BCUT2D eigenvalue weighted by molar-refractivity contribution is 5.47. The number of hydrogen-bond acceptors (Lipinski definition) is 6. The van der Waals surface area contributed by atoms with Gasteiger partial charge in [-0.15, -0.1) is 0 Å². The summed E-state index contributed by atoms with van der Waals surface area (Å²) >= 11 is 0. The maximum Gasteiger partial charge on any atom is 0.163 e. The van der Waals surface area contributed by atoms with Crippen LogP contribution in [0.3, 0.4) is 0 Å². The van der Waals surface area contributed by atoms with E-state index in [0.29, 0.717) is 23.7 Å². The second-order valence-corrected chi connectivity index (χ2v) is 6.14. The molecule has 0 fully saturated rings. The molecule has 0 amide bonds. The molecule has 25 heavy (non-hydrogen) atoms. The second kappa shape index (κ2) is 7.21. The molecule has 2 aromatic carbocycles. The number of aliphatic hydroxyl groups is 2. The lowest BCUT2D eigenvalue weighted by atomic mass is 10.0. The van der Waals surface area contributed by atoms with Crippen molar-refractivity contribution in [1.29, 1.82) is 0 Å². The van der Waals surface area contributed by atoms with Crippen LogP contribution in [0.25, 0.3) is 0 Å². The SMILES string of the molecule is COc1cc([C@@H]2Oc3cc(CC(C)O)ccc3O[C@H]2CO)ccc1O. The fourth-order valence-corrected chi connectivity index (χ4v) is 2.93. The molecule has 1 heterocycles. The van der Waals surface area contributed by atoms with Crippen LogP contribution < -0.4 is 14.2 Å². The molecular weight excluding hydrogens is 324 g/mol. The number of benzene rings is 2. The summed E-state index contributed by atoms with van der Waals surface area (Å²) in [5, 5.41) is 29.0. The molecular formula is C19H22O6. The van der Waals surface area contributed by atoms with E-state index in [1.54, 1.807) is 25.1 Å². The van der Waals surface area contributed by atoms with Gasteiger partial charge in [0.05, 0.1) is 19.8 Å². The van der Waals surface area contributed by atoms with E-state index in [0.717, 1.165) is 11.1 Å². The Labute approximate surface area is 146 Å². The topological polar surface area (TPSA) is 88.4 Å². The maximum absolute atomic E-state index is 9.76.